The van der Waals surface area contributed by atoms with Gasteiger partial charge in [-0.1, -0.05) is 22.4 Å². The predicted molar refractivity (Wildman–Crippen MR) is 79.2 cm³/mol. The second-order valence-corrected chi connectivity index (χ2v) is 6.08. The van der Waals surface area contributed by atoms with Crippen molar-refractivity contribution in [2.24, 2.45) is 11.8 Å². The molecule has 2 nitrogen and oxygen atoms in total. The molecule has 1 fully saturated rings. The Hall–Kier alpha value is -0.540. The molecule has 0 amide bonds. The van der Waals surface area contributed by atoms with Crippen LogP contribution in [0.5, 0.6) is 5.75 Å². The molecule has 0 aliphatic heterocycles. The van der Waals surface area contributed by atoms with Crippen LogP contribution >= 0.6 is 15.9 Å². The molecule has 0 aromatic heterocycles. The van der Waals surface area contributed by atoms with Crippen LogP contribution in [0.25, 0.3) is 0 Å². The van der Waals surface area contributed by atoms with Crippen LogP contribution in [-0.2, 0) is 6.42 Å². The van der Waals surface area contributed by atoms with Crippen LogP contribution in [0.3, 0.4) is 0 Å². The highest BCUT2D eigenvalue weighted by Crippen LogP contribution is 2.36. The summed E-state index contributed by atoms with van der Waals surface area (Å²) in [5, 5.41) is 3.32. The SMILES string of the molecule is CNCC1CCCC1Cc1cc(Br)ccc1OC. The molecule has 18 heavy (non-hydrogen) atoms. The summed E-state index contributed by atoms with van der Waals surface area (Å²) in [5.41, 5.74) is 1.33. The maximum absolute atomic E-state index is 5.47. The number of ether oxygens (including phenoxy) is 1. The van der Waals surface area contributed by atoms with E-state index in [1.165, 1.54) is 24.8 Å². The van der Waals surface area contributed by atoms with Crippen LogP contribution in [0.15, 0.2) is 22.7 Å². The molecule has 1 saturated carbocycles. The van der Waals surface area contributed by atoms with Crippen LogP contribution in [0.4, 0.5) is 0 Å². The van der Waals surface area contributed by atoms with Crippen molar-refractivity contribution in [2.75, 3.05) is 20.7 Å². The number of rotatable bonds is 5. The fourth-order valence-corrected chi connectivity index (χ4v) is 3.51. The Morgan fingerprint density at radius 2 is 2.11 bits per heavy atom. The van der Waals surface area contributed by atoms with E-state index in [-0.39, 0.29) is 0 Å². The molecule has 2 atom stereocenters. The molecule has 1 aliphatic rings. The summed E-state index contributed by atoms with van der Waals surface area (Å²) in [6, 6.07) is 6.30. The standard InChI is InChI=1S/C15H22BrNO/c1-17-10-12-5-3-4-11(12)8-13-9-14(16)6-7-15(13)18-2/h6-7,9,11-12,17H,3-5,8,10H2,1-2H3. The van der Waals surface area contributed by atoms with E-state index in [9.17, 15) is 0 Å². The molecule has 0 spiro atoms. The van der Waals surface area contributed by atoms with Crippen molar-refractivity contribution in [3.8, 4) is 5.75 Å². The Morgan fingerprint density at radius 3 is 2.83 bits per heavy atom. The molecular formula is C15H22BrNO. The van der Waals surface area contributed by atoms with Crippen LogP contribution in [-0.4, -0.2) is 20.7 Å². The zero-order valence-corrected chi connectivity index (χ0v) is 12.8. The van der Waals surface area contributed by atoms with Crippen LogP contribution in [0.1, 0.15) is 24.8 Å². The monoisotopic (exact) mass is 311 g/mol. The zero-order chi connectivity index (χ0) is 13.0. The Morgan fingerprint density at radius 1 is 1.33 bits per heavy atom. The van der Waals surface area contributed by atoms with Crippen molar-refractivity contribution < 1.29 is 4.74 Å². The summed E-state index contributed by atoms with van der Waals surface area (Å²) in [5.74, 6) is 2.63. The fraction of sp³-hybridized carbons (Fsp3) is 0.600. The molecule has 2 unspecified atom stereocenters. The Kier molecular flexibility index (Phi) is 5.07. The number of benzene rings is 1. The van der Waals surface area contributed by atoms with E-state index in [1.807, 2.05) is 6.07 Å². The van der Waals surface area contributed by atoms with Gasteiger partial charge in [0.2, 0.25) is 0 Å². The highest BCUT2D eigenvalue weighted by atomic mass is 79.9. The molecule has 2 rings (SSSR count). The summed E-state index contributed by atoms with van der Waals surface area (Å²) in [7, 11) is 3.81. The van der Waals surface area contributed by atoms with E-state index < -0.39 is 0 Å². The summed E-state index contributed by atoms with van der Waals surface area (Å²) in [4.78, 5) is 0. The third kappa shape index (κ3) is 3.27. The third-order valence-electron chi connectivity index (χ3n) is 4.01. The lowest BCUT2D eigenvalue weighted by Gasteiger charge is -2.20. The van der Waals surface area contributed by atoms with Crippen molar-refractivity contribution in [1.82, 2.24) is 5.32 Å². The van der Waals surface area contributed by atoms with Gasteiger partial charge in [-0.15, -0.1) is 0 Å². The van der Waals surface area contributed by atoms with Gasteiger partial charge in [-0.3, -0.25) is 0 Å². The van der Waals surface area contributed by atoms with Crippen molar-refractivity contribution in [1.29, 1.82) is 0 Å². The number of halogens is 1. The van der Waals surface area contributed by atoms with Gasteiger partial charge in [-0.2, -0.15) is 0 Å². The number of hydrogen-bond donors (Lipinski definition) is 1. The van der Waals surface area contributed by atoms with Gasteiger partial charge in [0.05, 0.1) is 7.11 Å². The maximum Gasteiger partial charge on any atom is 0.122 e. The number of methoxy groups -OCH3 is 1. The van der Waals surface area contributed by atoms with Crippen molar-refractivity contribution >= 4 is 15.9 Å². The Balaban J connectivity index is 2.10. The second kappa shape index (κ2) is 6.58. The predicted octanol–water partition coefficient (Wildman–Crippen LogP) is 3.64. The van der Waals surface area contributed by atoms with Gasteiger partial charge >= 0.3 is 0 Å². The van der Waals surface area contributed by atoms with Gasteiger partial charge in [0.1, 0.15) is 5.75 Å². The largest absolute Gasteiger partial charge is 0.496 e. The quantitative estimate of drug-likeness (QED) is 0.896. The molecule has 100 valence electrons. The lowest BCUT2D eigenvalue weighted by molar-refractivity contribution is 0.362. The zero-order valence-electron chi connectivity index (χ0n) is 11.2. The summed E-state index contributed by atoms with van der Waals surface area (Å²) in [6.07, 6.45) is 5.21. The van der Waals surface area contributed by atoms with Crippen LogP contribution < -0.4 is 10.1 Å². The highest BCUT2D eigenvalue weighted by Gasteiger charge is 2.27. The minimum absolute atomic E-state index is 0.792. The summed E-state index contributed by atoms with van der Waals surface area (Å²) in [6.45, 7) is 1.14. The molecule has 1 aromatic rings. The molecule has 1 aliphatic carbocycles. The topological polar surface area (TPSA) is 21.3 Å². The van der Waals surface area contributed by atoms with E-state index in [0.717, 1.165) is 35.0 Å². The first-order valence-electron chi connectivity index (χ1n) is 6.71. The van der Waals surface area contributed by atoms with Crippen LogP contribution in [0.2, 0.25) is 0 Å². The van der Waals surface area contributed by atoms with Gasteiger partial charge < -0.3 is 10.1 Å². The highest BCUT2D eigenvalue weighted by molar-refractivity contribution is 9.10. The van der Waals surface area contributed by atoms with E-state index in [1.54, 1.807) is 7.11 Å². The van der Waals surface area contributed by atoms with Crippen molar-refractivity contribution in [2.45, 2.75) is 25.7 Å². The Labute approximate surface area is 118 Å². The minimum atomic E-state index is 0.792. The molecule has 0 radical (unpaired) electrons. The number of hydrogen-bond acceptors (Lipinski definition) is 2. The smallest absolute Gasteiger partial charge is 0.122 e. The molecule has 1 N–H and O–H groups in total. The molecular weight excluding hydrogens is 290 g/mol. The summed E-state index contributed by atoms with van der Waals surface area (Å²) < 4.78 is 6.61. The molecule has 0 heterocycles. The average Bonchev–Trinajstić information content (AvgIpc) is 2.78. The normalized spacial score (nSPS) is 23.3. The van der Waals surface area contributed by atoms with Crippen molar-refractivity contribution in [3.05, 3.63) is 28.2 Å². The van der Waals surface area contributed by atoms with Crippen molar-refractivity contribution in [3.63, 3.8) is 0 Å². The van der Waals surface area contributed by atoms with Gasteiger partial charge in [0, 0.05) is 4.47 Å². The molecule has 0 bridgehead atoms. The first kappa shape index (κ1) is 13.9. The van der Waals surface area contributed by atoms with Gasteiger partial charge in [0.15, 0.2) is 0 Å². The second-order valence-electron chi connectivity index (χ2n) is 5.17. The average molecular weight is 312 g/mol. The number of nitrogens with one attached hydrogen (secondary N) is 1. The maximum atomic E-state index is 5.47. The lowest BCUT2D eigenvalue weighted by Crippen LogP contribution is -2.23. The Bertz CT molecular complexity index is 394. The first-order valence-corrected chi connectivity index (χ1v) is 7.51. The fourth-order valence-electron chi connectivity index (χ4n) is 3.10. The van der Waals surface area contributed by atoms with Gasteiger partial charge in [0.25, 0.3) is 0 Å². The summed E-state index contributed by atoms with van der Waals surface area (Å²) >= 11 is 3.55. The van der Waals surface area contributed by atoms with E-state index in [2.05, 4.69) is 40.4 Å². The molecule has 1 aromatic carbocycles. The van der Waals surface area contributed by atoms with Gasteiger partial charge in [-0.25, -0.2) is 0 Å². The molecule has 0 saturated heterocycles. The van der Waals surface area contributed by atoms with Crippen LogP contribution in [0, 0.1) is 11.8 Å². The lowest BCUT2D eigenvalue weighted by atomic mass is 9.89. The van der Waals surface area contributed by atoms with E-state index >= 15 is 0 Å². The first-order chi connectivity index (χ1) is 8.74. The third-order valence-corrected chi connectivity index (χ3v) is 4.50. The minimum Gasteiger partial charge on any atom is -0.496 e. The van der Waals surface area contributed by atoms with Gasteiger partial charge in [-0.05, 0) is 68.5 Å². The van der Waals surface area contributed by atoms with E-state index in [0.29, 0.717) is 0 Å². The molecule has 3 heteroatoms. The van der Waals surface area contributed by atoms with E-state index in [4.69, 9.17) is 4.74 Å².